The highest BCUT2D eigenvalue weighted by Crippen LogP contribution is 2.31. The number of H-pyrrole nitrogens is 1. The van der Waals surface area contributed by atoms with Crippen molar-refractivity contribution in [2.45, 2.75) is 19.8 Å². The lowest BCUT2D eigenvalue weighted by Crippen LogP contribution is -2.12. The fourth-order valence-electron chi connectivity index (χ4n) is 2.46. The number of benzene rings is 2. The summed E-state index contributed by atoms with van der Waals surface area (Å²) in [4.78, 5) is 12.3. The Hall–Kier alpha value is -3.28. The fourth-order valence-corrected chi connectivity index (χ4v) is 2.46. The zero-order valence-corrected chi connectivity index (χ0v) is 13.9. The Labute approximate surface area is 145 Å². The van der Waals surface area contributed by atoms with Crippen molar-refractivity contribution in [3.63, 3.8) is 0 Å². The van der Waals surface area contributed by atoms with E-state index < -0.39 is 0 Å². The molecular formula is C19H19N3O3. The summed E-state index contributed by atoms with van der Waals surface area (Å²) in [6, 6.07) is 13.4. The lowest BCUT2D eigenvalue weighted by atomic mass is 10.0. The second kappa shape index (κ2) is 6.68. The van der Waals surface area contributed by atoms with E-state index in [1.807, 2.05) is 24.3 Å². The number of amides is 1. The number of carbonyl (C=O) groups excluding carboxylic acids is 1. The average Bonchev–Trinajstić information content (AvgIpc) is 3.05. The summed E-state index contributed by atoms with van der Waals surface area (Å²) < 4.78 is 0. The van der Waals surface area contributed by atoms with Crippen LogP contribution in [0.25, 0.3) is 11.3 Å². The van der Waals surface area contributed by atoms with Gasteiger partial charge >= 0.3 is 0 Å². The number of aromatic hydroxyl groups is 2. The highest BCUT2D eigenvalue weighted by Gasteiger charge is 2.14. The zero-order valence-electron chi connectivity index (χ0n) is 13.9. The topological polar surface area (TPSA) is 98.2 Å². The van der Waals surface area contributed by atoms with E-state index in [-0.39, 0.29) is 23.1 Å². The van der Waals surface area contributed by atoms with Gasteiger partial charge < -0.3 is 15.5 Å². The van der Waals surface area contributed by atoms with Gasteiger partial charge in [0.2, 0.25) is 0 Å². The molecule has 0 saturated carbocycles. The molecule has 6 heteroatoms. The van der Waals surface area contributed by atoms with Crippen molar-refractivity contribution in [3.05, 3.63) is 59.8 Å². The molecule has 1 aromatic heterocycles. The highest BCUT2D eigenvalue weighted by atomic mass is 16.3. The number of anilines is 1. The van der Waals surface area contributed by atoms with Crippen molar-refractivity contribution in [1.82, 2.24) is 10.2 Å². The Kier molecular flexibility index (Phi) is 4.43. The number of aromatic nitrogens is 2. The van der Waals surface area contributed by atoms with Crippen molar-refractivity contribution < 1.29 is 15.0 Å². The summed E-state index contributed by atoms with van der Waals surface area (Å²) in [6.07, 6.45) is 0. The predicted molar refractivity (Wildman–Crippen MR) is 95.8 cm³/mol. The molecule has 3 rings (SSSR count). The number of phenolic OH excluding ortho intramolecular Hbond substituents is 2. The molecule has 0 aliphatic rings. The molecule has 2 aromatic carbocycles. The first kappa shape index (κ1) is 16.6. The lowest BCUT2D eigenvalue weighted by Gasteiger charge is -2.07. The second-order valence-corrected chi connectivity index (χ2v) is 6.10. The van der Waals surface area contributed by atoms with Crippen LogP contribution in [0.5, 0.6) is 11.5 Å². The molecule has 128 valence electrons. The normalized spacial score (nSPS) is 10.8. The Morgan fingerprint density at radius 2 is 1.80 bits per heavy atom. The molecular weight excluding hydrogens is 318 g/mol. The number of nitrogens with zero attached hydrogens (tertiary/aromatic N) is 1. The van der Waals surface area contributed by atoms with E-state index in [0.717, 1.165) is 0 Å². The largest absolute Gasteiger partial charge is 0.508 e. The molecule has 6 nitrogen and oxygen atoms in total. The van der Waals surface area contributed by atoms with Crippen LogP contribution in [-0.4, -0.2) is 26.3 Å². The minimum Gasteiger partial charge on any atom is -0.508 e. The van der Waals surface area contributed by atoms with Crippen LogP contribution < -0.4 is 5.32 Å². The molecule has 1 heterocycles. The Morgan fingerprint density at radius 1 is 1.08 bits per heavy atom. The van der Waals surface area contributed by atoms with Crippen LogP contribution in [0.2, 0.25) is 0 Å². The third-order valence-electron chi connectivity index (χ3n) is 3.91. The van der Waals surface area contributed by atoms with Gasteiger partial charge in [-0.15, -0.1) is 0 Å². The van der Waals surface area contributed by atoms with E-state index >= 15 is 0 Å². The molecule has 0 unspecified atom stereocenters. The lowest BCUT2D eigenvalue weighted by molar-refractivity contribution is 0.102. The molecule has 0 saturated heterocycles. The summed E-state index contributed by atoms with van der Waals surface area (Å²) in [7, 11) is 0. The molecule has 1 amide bonds. The number of aromatic amines is 1. The standard InChI is InChI=1S/C19H19N3O3/c1-11(2)12-3-5-13(6-4-12)20-19(25)17-10-16(21-22-17)15-8-7-14(23)9-18(15)24/h3-11,23-24H,1-2H3,(H,20,25)(H,21,22). The minimum atomic E-state index is -0.325. The van der Waals surface area contributed by atoms with Crippen molar-refractivity contribution in [1.29, 1.82) is 0 Å². The molecule has 0 atom stereocenters. The number of hydrogen-bond donors (Lipinski definition) is 4. The Balaban J connectivity index is 1.76. The molecule has 0 aliphatic heterocycles. The summed E-state index contributed by atoms with van der Waals surface area (Å²) in [6.45, 7) is 4.22. The summed E-state index contributed by atoms with van der Waals surface area (Å²) >= 11 is 0. The van der Waals surface area contributed by atoms with Crippen LogP contribution in [0.15, 0.2) is 48.5 Å². The molecule has 0 radical (unpaired) electrons. The Bertz CT molecular complexity index is 899. The quantitative estimate of drug-likeness (QED) is 0.581. The van der Waals surface area contributed by atoms with Crippen LogP contribution in [0.1, 0.15) is 35.8 Å². The second-order valence-electron chi connectivity index (χ2n) is 6.10. The molecule has 25 heavy (non-hydrogen) atoms. The van der Waals surface area contributed by atoms with Crippen LogP contribution >= 0.6 is 0 Å². The number of nitrogens with one attached hydrogen (secondary N) is 2. The number of carbonyl (C=O) groups is 1. The van der Waals surface area contributed by atoms with E-state index in [4.69, 9.17) is 0 Å². The molecule has 4 N–H and O–H groups in total. The van der Waals surface area contributed by atoms with Crippen LogP contribution in [-0.2, 0) is 0 Å². The predicted octanol–water partition coefficient (Wildman–Crippen LogP) is 3.86. The van der Waals surface area contributed by atoms with Gasteiger partial charge in [0.15, 0.2) is 0 Å². The summed E-state index contributed by atoms with van der Waals surface area (Å²) in [5.41, 5.74) is 3.00. The number of rotatable bonds is 4. The smallest absolute Gasteiger partial charge is 0.273 e. The van der Waals surface area contributed by atoms with Crippen molar-refractivity contribution >= 4 is 11.6 Å². The van der Waals surface area contributed by atoms with Crippen LogP contribution in [0, 0.1) is 0 Å². The molecule has 0 bridgehead atoms. The van der Waals surface area contributed by atoms with Gasteiger partial charge in [0, 0.05) is 17.3 Å². The first-order chi connectivity index (χ1) is 11.9. The van der Waals surface area contributed by atoms with E-state index in [0.29, 0.717) is 22.9 Å². The maximum Gasteiger partial charge on any atom is 0.273 e. The van der Waals surface area contributed by atoms with Gasteiger partial charge in [-0.25, -0.2) is 0 Å². The maximum absolute atomic E-state index is 12.3. The summed E-state index contributed by atoms with van der Waals surface area (Å²) in [5.74, 6) is -0.0467. The molecule has 0 aliphatic carbocycles. The van der Waals surface area contributed by atoms with Gasteiger partial charge in [0.1, 0.15) is 17.2 Å². The minimum absolute atomic E-state index is 0.0420. The molecule has 3 aromatic rings. The summed E-state index contributed by atoms with van der Waals surface area (Å²) in [5, 5.41) is 28.7. The van der Waals surface area contributed by atoms with Crippen molar-refractivity contribution in [2.24, 2.45) is 0 Å². The Morgan fingerprint density at radius 3 is 2.44 bits per heavy atom. The maximum atomic E-state index is 12.3. The SMILES string of the molecule is CC(C)c1ccc(NC(=O)c2cc(-c3ccc(O)cc3O)n[nH]2)cc1. The van der Waals surface area contributed by atoms with Crippen LogP contribution in [0.4, 0.5) is 5.69 Å². The monoisotopic (exact) mass is 337 g/mol. The first-order valence-electron chi connectivity index (χ1n) is 7.93. The van der Waals surface area contributed by atoms with Gasteiger partial charge in [-0.3, -0.25) is 9.89 Å². The third-order valence-corrected chi connectivity index (χ3v) is 3.91. The number of phenols is 2. The van der Waals surface area contributed by atoms with Gasteiger partial charge in [-0.05, 0) is 41.8 Å². The van der Waals surface area contributed by atoms with Crippen molar-refractivity contribution in [2.75, 3.05) is 5.32 Å². The van der Waals surface area contributed by atoms with Crippen molar-refractivity contribution in [3.8, 4) is 22.8 Å². The molecule has 0 spiro atoms. The van der Waals surface area contributed by atoms with Gasteiger partial charge in [0.05, 0.1) is 5.69 Å². The number of hydrogen-bond acceptors (Lipinski definition) is 4. The zero-order chi connectivity index (χ0) is 18.0. The van der Waals surface area contributed by atoms with Gasteiger partial charge in [-0.1, -0.05) is 26.0 Å². The van der Waals surface area contributed by atoms with Crippen LogP contribution in [0.3, 0.4) is 0 Å². The van der Waals surface area contributed by atoms with E-state index in [1.165, 1.54) is 23.8 Å². The third kappa shape index (κ3) is 3.63. The highest BCUT2D eigenvalue weighted by molar-refractivity contribution is 6.03. The molecule has 0 fully saturated rings. The van der Waals surface area contributed by atoms with E-state index in [2.05, 4.69) is 29.4 Å². The van der Waals surface area contributed by atoms with E-state index in [9.17, 15) is 15.0 Å². The van der Waals surface area contributed by atoms with Gasteiger partial charge in [0.25, 0.3) is 5.91 Å². The average molecular weight is 337 g/mol. The fraction of sp³-hybridized carbons (Fsp3) is 0.158. The first-order valence-corrected chi connectivity index (χ1v) is 7.93. The van der Waals surface area contributed by atoms with Gasteiger partial charge in [-0.2, -0.15) is 5.10 Å². The van der Waals surface area contributed by atoms with E-state index in [1.54, 1.807) is 6.07 Å².